The van der Waals surface area contributed by atoms with Gasteiger partial charge in [0.1, 0.15) is 6.10 Å². The molecule has 2 aromatic carbocycles. The molecule has 0 aromatic heterocycles. The molecular weight excluding hydrogens is 322 g/mol. The van der Waals surface area contributed by atoms with E-state index < -0.39 is 18.2 Å². The summed E-state index contributed by atoms with van der Waals surface area (Å²) in [4.78, 5) is 24.1. The molecule has 1 heterocycles. The van der Waals surface area contributed by atoms with E-state index >= 15 is 0 Å². The maximum Gasteiger partial charge on any atom is 0.338 e. The lowest BCUT2D eigenvalue weighted by molar-refractivity contribution is -0.128. The van der Waals surface area contributed by atoms with Crippen LogP contribution in [-0.4, -0.2) is 30.7 Å². The fraction of sp³-hybridized carbons (Fsp3) is 0.263. The second-order valence-electron chi connectivity index (χ2n) is 5.60. The van der Waals surface area contributed by atoms with E-state index in [4.69, 9.17) is 14.2 Å². The van der Waals surface area contributed by atoms with Gasteiger partial charge in [0.25, 0.3) is 5.91 Å². The zero-order chi connectivity index (χ0) is 17.8. The number of esters is 1. The van der Waals surface area contributed by atoms with Crippen LogP contribution in [-0.2, 0) is 9.53 Å². The number of ether oxygens (including phenoxy) is 3. The van der Waals surface area contributed by atoms with Crippen LogP contribution in [0.3, 0.4) is 0 Å². The third kappa shape index (κ3) is 3.74. The number of anilines is 1. The molecule has 0 saturated carbocycles. The zero-order valence-electron chi connectivity index (χ0n) is 14.0. The van der Waals surface area contributed by atoms with Gasteiger partial charge in [0.05, 0.1) is 12.2 Å². The summed E-state index contributed by atoms with van der Waals surface area (Å²) in [5.41, 5.74) is 0.993. The highest BCUT2D eigenvalue weighted by Gasteiger charge is 2.34. The molecule has 3 rings (SSSR count). The van der Waals surface area contributed by atoms with E-state index in [1.165, 1.54) is 0 Å². The topological polar surface area (TPSA) is 73.9 Å². The number of rotatable bonds is 4. The molecule has 0 saturated heterocycles. The Kier molecular flexibility index (Phi) is 4.88. The summed E-state index contributed by atoms with van der Waals surface area (Å²) in [6, 6.07) is 13.7. The van der Waals surface area contributed by atoms with Crippen LogP contribution >= 0.6 is 0 Å². The average molecular weight is 341 g/mol. The second-order valence-corrected chi connectivity index (χ2v) is 5.60. The Morgan fingerprint density at radius 3 is 2.32 bits per heavy atom. The van der Waals surface area contributed by atoms with Crippen molar-refractivity contribution in [2.75, 3.05) is 11.9 Å². The molecule has 1 aliphatic rings. The van der Waals surface area contributed by atoms with Crippen molar-refractivity contribution in [1.82, 2.24) is 0 Å². The third-order valence-corrected chi connectivity index (χ3v) is 3.76. The zero-order valence-corrected chi connectivity index (χ0v) is 14.0. The Morgan fingerprint density at radius 2 is 1.68 bits per heavy atom. The summed E-state index contributed by atoms with van der Waals surface area (Å²) in [6.45, 7) is 3.85. The number of carbonyl (C=O) groups excluding carboxylic acids is 2. The molecule has 6 heteroatoms. The molecule has 6 nitrogen and oxygen atoms in total. The van der Waals surface area contributed by atoms with Crippen molar-refractivity contribution in [1.29, 1.82) is 0 Å². The van der Waals surface area contributed by atoms with Crippen LogP contribution < -0.4 is 14.8 Å². The Balaban J connectivity index is 1.67. The average Bonchev–Trinajstić information content (AvgIpc) is 2.62. The summed E-state index contributed by atoms with van der Waals surface area (Å²) in [6.07, 6.45) is -1.19. The van der Waals surface area contributed by atoms with Gasteiger partial charge in [-0.15, -0.1) is 0 Å². The van der Waals surface area contributed by atoms with Gasteiger partial charge >= 0.3 is 5.97 Å². The van der Waals surface area contributed by atoms with E-state index in [9.17, 15) is 9.59 Å². The number of nitrogens with one attached hydrogen (secondary N) is 1. The van der Waals surface area contributed by atoms with Gasteiger partial charge in [0, 0.05) is 5.69 Å². The molecule has 0 radical (unpaired) electrons. The molecule has 0 aliphatic carbocycles. The molecule has 0 spiro atoms. The standard InChI is InChI=1S/C19H19NO5/c1-3-23-19(22)13-8-10-14(11-9-13)20-18(21)17-12(2)24-15-6-4-5-7-16(15)25-17/h4-12,17H,3H2,1-2H3,(H,20,21)/t12-,17+/m0/s1. The number of amides is 1. The molecule has 0 bridgehead atoms. The Morgan fingerprint density at radius 1 is 1.04 bits per heavy atom. The van der Waals surface area contributed by atoms with E-state index in [-0.39, 0.29) is 5.91 Å². The van der Waals surface area contributed by atoms with Gasteiger partial charge in [-0.25, -0.2) is 4.79 Å². The van der Waals surface area contributed by atoms with Crippen LogP contribution in [0.1, 0.15) is 24.2 Å². The van der Waals surface area contributed by atoms with Gasteiger partial charge in [-0.1, -0.05) is 12.1 Å². The van der Waals surface area contributed by atoms with E-state index in [0.29, 0.717) is 29.4 Å². The fourth-order valence-corrected chi connectivity index (χ4v) is 2.52. The van der Waals surface area contributed by atoms with Crippen LogP contribution in [0.25, 0.3) is 0 Å². The van der Waals surface area contributed by atoms with Crippen molar-refractivity contribution in [3.63, 3.8) is 0 Å². The molecule has 1 N–H and O–H groups in total. The SMILES string of the molecule is CCOC(=O)c1ccc(NC(=O)[C@@H]2Oc3ccccc3O[C@H]2C)cc1. The van der Waals surface area contributed by atoms with Gasteiger partial charge in [0.2, 0.25) is 6.10 Å². The Labute approximate surface area is 145 Å². The highest BCUT2D eigenvalue weighted by molar-refractivity contribution is 5.96. The fourth-order valence-electron chi connectivity index (χ4n) is 2.52. The van der Waals surface area contributed by atoms with Gasteiger partial charge in [0.15, 0.2) is 11.5 Å². The minimum Gasteiger partial charge on any atom is -0.482 e. The van der Waals surface area contributed by atoms with Gasteiger partial charge in [-0.3, -0.25) is 4.79 Å². The number of para-hydroxylation sites is 2. The smallest absolute Gasteiger partial charge is 0.338 e. The Hall–Kier alpha value is -3.02. The van der Waals surface area contributed by atoms with Gasteiger partial charge in [-0.2, -0.15) is 0 Å². The molecule has 130 valence electrons. The van der Waals surface area contributed by atoms with E-state index in [0.717, 1.165) is 0 Å². The van der Waals surface area contributed by atoms with Crippen molar-refractivity contribution in [2.24, 2.45) is 0 Å². The first kappa shape index (κ1) is 16.8. The van der Waals surface area contributed by atoms with Crippen molar-refractivity contribution in [3.05, 3.63) is 54.1 Å². The van der Waals surface area contributed by atoms with Crippen molar-refractivity contribution in [3.8, 4) is 11.5 Å². The number of hydrogen-bond donors (Lipinski definition) is 1. The van der Waals surface area contributed by atoms with Gasteiger partial charge in [-0.05, 0) is 50.2 Å². The number of fused-ring (bicyclic) bond motifs is 1. The summed E-state index contributed by atoms with van der Waals surface area (Å²) in [5.74, 6) is 0.455. The Bertz CT molecular complexity index is 772. The van der Waals surface area contributed by atoms with Crippen molar-refractivity contribution in [2.45, 2.75) is 26.1 Å². The predicted octanol–water partition coefficient (Wildman–Crippen LogP) is 3.03. The quantitative estimate of drug-likeness (QED) is 0.865. The van der Waals surface area contributed by atoms with Crippen molar-refractivity contribution < 1.29 is 23.8 Å². The molecule has 0 fully saturated rings. The van der Waals surface area contributed by atoms with Crippen molar-refractivity contribution >= 4 is 17.6 Å². The second kappa shape index (κ2) is 7.25. The first-order valence-corrected chi connectivity index (χ1v) is 8.09. The normalized spacial score (nSPS) is 18.3. The van der Waals surface area contributed by atoms with Crippen LogP contribution in [0.2, 0.25) is 0 Å². The number of carbonyl (C=O) groups is 2. The molecular formula is C19H19NO5. The highest BCUT2D eigenvalue weighted by atomic mass is 16.6. The maximum absolute atomic E-state index is 12.5. The van der Waals surface area contributed by atoms with E-state index in [1.54, 1.807) is 50.2 Å². The van der Waals surface area contributed by atoms with E-state index in [2.05, 4.69) is 5.32 Å². The minimum atomic E-state index is -0.764. The van der Waals surface area contributed by atoms with Gasteiger partial charge < -0.3 is 19.5 Å². The molecule has 2 aromatic rings. The van der Waals surface area contributed by atoms with E-state index in [1.807, 2.05) is 12.1 Å². The highest BCUT2D eigenvalue weighted by Crippen LogP contribution is 2.33. The number of benzene rings is 2. The largest absolute Gasteiger partial charge is 0.482 e. The monoisotopic (exact) mass is 341 g/mol. The molecule has 0 unspecified atom stereocenters. The lowest BCUT2D eigenvalue weighted by Gasteiger charge is -2.31. The van der Waals surface area contributed by atoms with Crippen LogP contribution in [0.4, 0.5) is 5.69 Å². The minimum absolute atomic E-state index is 0.314. The summed E-state index contributed by atoms with van der Waals surface area (Å²) >= 11 is 0. The third-order valence-electron chi connectivity index (χ3n) is 3.76. The number of hydrogen-bond acceptors (Lipinski definition) is 5. The lowest BCUT2D eigenvalue weighted by atomic mass is 10.1. The molecule has 1 amide bonds. The van der Waals surface area contributed by atoms with Crippen LogP contribution in [0.5, 0.6) is 11.5 Å². The molecule has 25 heavy (non-hydrogen) atoms. The molecule has 1 aliphatic heterocycles. The predicted molar refractivity (Wildman–Crippen MR) is 92.0 cm³/mol. The first-order valence-electron chi connectivity index (χ1n) is 8.09. The first-order chi connectivity index (χ1) is 12.1. The summed E-state index contributed by atoms with van der Waals surface area (Å²) in [5, 5.41) is 2.77. The molecule has 2 atom stereocenters. The van der Waals surface area contributed by atoms with Crippen LogP contribution in [0.15, 0.2) is 48.5 Å². The maximum atomic E-state index is 12.5. The van der Waals surface area contributed by atoms with Crippen LogP contribution in [0, 0.1) is 0 Å². The summed E-state index contributed by atoms with van der Waals surface area (Å²) in [7, 11) is 0. The summed E-state index contributed by atoms with van der Waals surface area (Å²) < 4.78 is 16.4. The lowest BCUT2D eigenvalue weighted by Crippen LogP contribution is -2.46.